The highest BCUT2D eigenvalue weighted by atomic mass is 19.3. The van der Waals surface area contributed by atoms with E-state index in [-0.39, 0.29) is 11.1 Å². The summed E-state index contributed by atoms with van der Waals surface area (Å²) in [4.78, 5) is 17.0. The monoisotopic (exact) mass is 211 g/mol. The summed E-state index contributed by atoms with van der Waals surface area (Å²) in [6, 6.07) is 4.55. The van der Waals surface area contributed by atoms with E-state index in [0.29, 0.717) is 5.52 Å². The van der Waals surface area contributed by atoms with E-state index in [1.807, 2.05) is 0 Å². The molecule has 0 saturated carbocycles. The van der Waals surface area contributed by atoms with Gasteiger partial charge in [0.05, 0.1) is 11.1 Å². The van der Waals surface area contributed by atoms with Gasteiger partial charge in [0.2, 0.25) is 0 Å². The van der Waals surface area contributed by atoms with E-state index < -0.39 is 18.2 Å². The lowest BCUT2D eigenvalue weighted by Crippen LogP contribution is -2.11. The fraction of sp³-hybridized carbons (Fsp3) is 0.111. The molecule has 3 N–H and O–H groups in total. The predicted molar refractivity (Wildman–Crippen MR) is 49.6 cm³/mol. The van der Waals surface area contributed by atoms with Crippen molar-refractivity contribution >= 4 is 16.9 Å². The Morgan fingerprint density at radius 3 is 2.80 bits per heavy atom. The third-order valence-corrected chi connectivity index (χ3v) is 2.00. The van der Waals surface area contributed by atoms with Crippen molar-refractivity contribution in [3.63, 3.8) is 0 Å². The van der Waals surface area contributed by atoms with Crippen LogP contribution in [0.2, 0.25) is 0 Å². The fourth-order valence-corrected chi connectivity index (χ4v) is 1.35. The predicted octanol–water partition coefficient (Wildman–Crippen LogP) is 1.60. The summed E-state index contributed by atoms with van der Waals surface area (Å²) >= 11 is 0. The van der Waals surface area contributed by atoms with E-state index in [1.165, 1.54) is 6.07 Å². The lowest BCUT2D eigenvalue weighted by Gasteiger charge is -1.94. The van der Waals surface area contributed by atoms with Gasteiger partial charge in [-0.05, 0) is 12.1 Å². The molecule has 0 bridgehead atoms. The average molecular weight is 211 g/mol. The number of carbonyl (C=O) groups is 1. The van der Waals surface area contributed by atoms with Crippen LogP contribution >= 0.6 is 0 Å². The van der Waals surface area contributed by atoms with Crippen LogP contribution in [-0.2, 0) is 0 Å². The molecule has 0 spiro atoms. The molecule has 6 heteroatoms. The van der Waals surface area contributed by atoms with Crippen LogP contribution in [0.5, 0.6) is 0 Å². The summed E-state index contributed by atoms with van der Waals surface area (Å²) in [5.41, 5.74) is 5.78. The molecule has 1 heterocycles. The molecule has 4 nitrogen and oxygen atoms in total. The largest absolute Gasteiger partial charge is 0.366 e. The minimum Gasteiger partial charge on any atom is -0.366 e. The lowest BCUT2D eigenvalue weighted by atomic mass is 10.2. The highest BCUT2D eigenvalue weighted by Gasteiger charge is 2.15. The van der Waals surface area contributed by atoms with Crippen molar-refractivity contribution in [2.45, 2.75) is 6.43 Å². The third kappa shape index (κ3) is 1.54. The molecule has 2 aromatic rings. The molecule has 0 aliphatic rings. The Kier molecular flexibility index (Phi) is 2.11. The number of hydrogen-bond acceptors (Lipinski definition) is 2. The van der Waals surface area contributed by atoms with Gasteiger partial charge in [0.15, 0.2) is 5.82 Å². The van der Waals surface area contributed by atoms with Gasteiger partial charge in [-0.3, -0.25) is 4.79 Å². The molecule has 2 rings (SSSR count). The summed E-state index contributed by atoms with van der Waals surface area (Å²) in [6.07, 6.45) is -2.70. The second-order valence-corrected chi connectivity index (χ2v) is 2.99. The second-order valence-electron chi connectivity index (χ2n) is 2.99. The molecule has 1 aromatic heterocycles. The number of amides is 1. The molecule has 0 saturated heterocycles. The normalized spacial score (nSPS) is 11.1. The number of hydrogen-bond donors (Lipinski definition) is 2. The molecule has 1 aromatic carbocycles. The number of para-hydroxylation sites is 1. The molecule has 15 heavy (non-hydrogen) atoms. The van der Waals surface area contributed by atoms with Crippen LogP contribution in [0.15, 0.2) is 18.2 Å². The van der Waals surface area contributed by atoms with Gasteiger partial charge in [-0.1, -0.05) is 6.07 Å². The number of carbonyl (C=O) groups excluding carboxylic acids is 1. The van der Waals surface area contributed by atoms with Crippen LogP contribution in [0.25, 0.3) is 11.0 Å². The Labute approximate surface area is 83.1 Å². The minimum absolute atomic E-state index is 0.135. The van der Waals surface area contributed by atoms with Crippen LogP contribution < -0.4 is 5.73 Å². The quantitative estimate of drug-likeness (QED) is 0.791. The number of aromatic amines is 1. The lowest BCUT2D eigenvalue weighted by molar-refractivity contribution is 0.100. The number of rotatable bonds is 2. The number of primary amides is 1. The highest BCUT2D eigenvalue weighted by molar-refractivity contribution is 6.03. The average Bonchev–Trinajstić information content (AvgIpc) is 2.60. The van der Waals surface area contributed by atoms with Crippen LogP contribution in [0.3, 0.4) is 0 Å². The van der Waals surface area contributed by atoms with Crippen LogP contribution in [0, 0.1) is 0 Å². The SMILES string of the molecule is NC(=O)c1cccc2[nH]c(C(F)F)nc12. The Morgan fingerprint density at radius 1 is 1.47 bits per heavy atom. The van der Waals surface area contributed by atoms with Crippen LogP contribution in [-0.4, -0.2) is 15.9 Å². The van der Waals surface area contributed by atoms with Crippen LogP contribution in [0.1, 0.15) is 22.6 Å². The zero-order valence-electron chi connectivity index (χ0n) is 7.50. The number of fused-ring (bicyclic) bond motifs is 1. The molecular weight excluding hydrogens is 204 g/mol. The molecule has 78 valence electrons. The number of nitrogens with zero attached hydrogens (tertiary/aromatic N) is 1. The summed E-state index contributed by atoms with van der Waals surface area (Å²) in [7, 11) is 0. The highest BCUT2D eigenvalue weighted by Crippen LogP contribution is 2.21. The molecule has 0 fully saturated rings. The van der Waals surface area contributed by atoms with Crippen molar-refractivity contribution in [3.05, 3.63) is 29.6 Å². The maximum atomic E-state index is 12.3. The smallest absolute Gasteiger partial charge is 0.295 e. The molecule has 0 unspecified atom stereocenters. The Hall–Kier alpha value is -1.98. The second kappa shape index (κ2) is 3.30. The zero-order valence-corrected chi connectivity index (χ0v) is 7.50. The molecule has 0 atom stereocenters. The van der Waals surface area contributed by atoms with Gasteiger partial charge in [-0.2, -0.15) is 0 Å². The number of imidazole rings is 1. The van der Waals surface area contributed by atoms with Gasteiger partial charge < -0.3 is 10.7 Å². The van der Waals surface area contributed by atoms with E-state index >= 15 is 0 Å². The van der Waals surface area contributed by atoms with Gasteiger partial charge in [0.25, 0.3) is 12.3 Å². The summed E-state index contributed by atoms with van der Waals surface area (Å²) in [5, 5.41) is 0. The van der Waals surface area contributed by atoms with Crippen LogP contribution in [0.4, 0.5) is 8.78 Å². The van der Waals surface area contributed by atoms with Gasteiger partial charge in [-0.15, -0.1) is 0 Å². The van der Waals surface area contributed by atoms with E-state index in [9.17, 15) is 13.6 Å². The van der Waals surface area contributed by atoms with E-state index in [0.717, 1.165) is 0 Å². The maximum Gasteiger partial charge on any atom is 0.295 e. The van der Waals surface area contributed by atoms with Gasteiger partial charge in [0, 0.05) is 0 Å². The third-order valence-electron chi connectivity index (χ3n) is 2.00. The van der Waals surface area contributed by atoms with Crippen molar-refractivity contribution < 1.29 is 13.6 Å². The van der Waals surface area contributed by atoms with Gasteiger partial charge in [0.1, 0.15) is 5.52 Å². The Bertz CT molecular complexity index is 521. The maximum absolute atomic E-state index is 12.3. The fourth-order valence-electron chi connectivity index (χ4n) is 1.35. The first-order valence-electron chi connectivity index (χ1n) is 4.16. The van der Waals surface area contributed by atoms with Gasteiger partial charge in [-0.25, -0.2) is 13.8 Å². The number of nitrogens with two attached hydrogens (primary N) is 1. The molecule has 0 radical (unpaired) electrons. The number of halogens is 2. The number of benzene rings is 1. The Balaban J connectivity index is 2.70. The van der Waals surface area contributed by atoms with Crippen molar-refractivity contribution in [1.29, 1.82) is 0 Å². The van der Waals surface area contributed by atoms with Gasteiger partial charge >= 0.3 is 0 Å². The Morgan fingerprint density at radius 2 is 2.20 bits per heavy atom. The first kappa shape index (κ1) is 9.57. The number of H-pyrrole nitrogens is 1. The molecule has 0 aliphatic heterocycles. The minimum atomic E-state index is -2.70. The molecular formula is C9H7F2N3O. The standard InChI is InChI=1S/C9H7F2N3O/c10-7(11)9-13-5-3-1-2-4(8(12)15)6(5)14-9/h1-3,7H,(H2,12,15)(H,13,14). The number of alkyl halides is 2. The number of nitrogens with one attached hydrogen (secondary N) is 1. The van der Waals surface area contributed by atoms with E-state index in [4.69, 9.17) is 5.73 Å². The van der Waals surface area contributed by atoms with E-state index in [1.54, 1.807) is 12.1 Å². The molecule has 1 amide bonds. The summed E-state index contributed by atoms with van der Waals surface area (Å²) in [5.74, 6) is -1.15. The van der Waals surface area contributed by atoms with E-state index in [2.05, 4.69) is 9.97 Å². The van der Waals surface area contributed by atoms with Crippen molar-refractivity contribution in [3.8, 4) is 0 Å². The van der Waals surface area contributed by atoms with Crippen molar-refractivity contribution in [2.75, 3.05) is 0 Å². The summed E-state index contributed by atoms with van der Waals surface area (Å²) < 4.78 is 24.7. The van der Waals surface area contributed by atoms with Crippen molar-refractivity contribution in [2.24, 2.45) is 5.73 Å². The first-order valence-corrected chi connectivity index (χ1v) is 4.16. The van der Waals surface area contributed by atoms with Crippen molar-refractivity contribution in [1.82, 2.24) is 9.97 Å². The summed E-state index contributed by atoms with van der Waals surface area (Å²) in [6.45, 7) is 0. The molecule has 0 aliphatic carbocycles. The first-order chi connectivity index (χ1) is 7.09. The topological polar surface area (TPSA) is 71.8 Å². The zero-order chi connectivity index (χ0) is 11.0. The number of aromatic nitrogens is 2.